The number of nitrogens with zero attached hydrogens (tertiary/aromatic N) is 1. The van der Waals surface area contributed by atoms with Crippen LogP contribution in [0.4, 0.5) is 0 Å². The molecule has 4 rings (SSSR count). The monoisotopic (exact) mass is 503 g/mol. The number of unbranched alkanes of at least 4 members (excludes halogenated alkanes) is 2. The smallest absolute Gasteiger partial charge is 0.296 e. The van der Waals surface area contributed by atoms with Crippen molar-refractivity contribution in [3.8, 4) is 11.5 Å². The Bertz CT molecular complexity index is 1260. The zero-order valence-electron chi connectivity index (χ0n) is 21.5. The largest absolute Gasteiger partial charge is 0.507 e. The first kappa shape index (κ1) is 26.1. The van der Waals surface area contributed by atoms with Gasteiger partial charge >= 0.3 is 0 Å². The standard InChI is InChI=1S/C30H33NO6/c1-4-6-7-16-37-24-15-14-22(18-25(24)35-5-2)27-26(28(32)21-12-10-20(3)11-13-21)29(33)30(34)31(27)19-23-9-8-17-36-23/h8-15,17-18,27,32H,4-7,16,19H2,1-3H3. The fraction of sp³-hybridized carbons (Fsp3) is 0.333. The zero-order valence-corrected chi connectivity index (χ0v) is 21.5. The van der Waals surface area contributed by atoms with Crippen molar-refractivity contribution in [3.05, 3.63) is 88.9 Å². The van der Waals surface area contributed by atoms with Crippen molar-refractivity contribution in [1.82, 2.24) is 4.90 Å². The number of carbonyl (C=O) groups excluding carboxylic acids is 2. The van der Waals surface area contributed by atoms with Crippen molar-refractivity contribution in [3.63, 3.8) is 0 Å². The van der Waals surface area contributed by atoms with Gasteiger partial charge in [-0.2, -0.15) is 0 Å². The van der Waals surface area contributed by atoms with Crippen molar-refractivity contribution in [1.29, 1.82) is 0 Å². The Morgan fingerprint density at radius 1 is 1.00 bits per heavy atom. The van der Waals surface area contributed by atoms with Crippen molar-refractivity contribution in [2.45, 2.75) is 52.6 Å². The van der Waals surface area contributed by atoms with Crippen molar-refractivity contribution in [2.24, 2.45) is 0 Å². The lowest BCUT2D eigenvalue weighted by atomic mass is 9.94. The number of hydrogen-bond acceptors (Lipinski definition) is 6. The van der Waals surface area contributed by atoms with Gasteiger partial charge in [-0.15, -0.1) is 0 Å². The van der Waals surface area contributed by atoms with Crippen LogP contribution < -0.4 is 9.47 Å². The second-order valence-corrected chi connectivity index (χ2v) is 9.07. The highest BCUT2D eigenvalue weighted by molar-refractivity contribution is 6.46. The quantitative estimate of drug-likeness (QED) is 0.146. The number of aliphatic hydroxyl groups is 1. The van der Waals surface area contributed by atoms with Gasteiger partial charge in [0.1, 0.15) is 11.5 Å². The minimum absolute atomic E-state index is 0.0273. The van der Waals surface area contributed by atoms with Gasteiger partial charge in [0.2, 0.25) is 0 Å². The number of aliphatic hydroxyl groups excluding tert-OH is 1. The number of likely N-dealkylation sites (tertiary alicyclic amines) is 1. The van der Waals surface area contributed by atoms with Crippen LogP contribution >= 0.6 is 0 Å². The van der Waals surface area contributed by atoms with E-state index in [1.807, 2.05) is 32.0 Å². The third-order valence-corrected chi connectivity index (χ3v) is 6.36. The fourth-order valence-corrected chi connectivity index (χ4v) is 4.44. The molecule has 7 nitrogen and oxygen atoms in total. The van der Waals surface area contributed by atoms with E-state index in [-0.39, 0.29) is 17.9 Å². The molecule has 0 spiro atoms. The van der Waals surface area contributed by atoms with Crippen molar-refractivity contribution in [2.75, 3.05) is 13.2 Å². The van der Waals surface area contributed by atoms with Crippen LogP contribution in [-0.2, 0) is 16.1 Å². The summed E-state index contributed by atoms with van der Waals surface area (Å²) in [5.41, 5.74) is 2.14. The first-order valence-corrected chi connectivity index (χ1v) is 12.7. The van der Waals surface area contributed by atoms with Gasteiger partial charge in [0, 0.05) is 5.56 Å². The molecule has 0 aliphatic carbocycles. The number of benzene rings is 2. The van der Waals surface area contributed by atoms with Gasteiger partial charge in [0.25, 0.3) is 11.7 Å². The molecule has 0 saturated carbocycles. The average molecular weight is 504 g/mol. The van der Waals surface area contributed by atoms with Crippen molar-refractivity contribution >= 4 is 17.4 Å². The molecule has 194 valence electrons. The molecular formula is C30H33NO6. The molecule has 1 N–H and O–H groups in total. The summed E-state index contributed by atoms with van der Waals surface area (Å²) in [6.07, 6.45) is 4.62. The van der Waals surface area contributed by atoms with E-state index in [0.29, 0.717) is 41.6 Å². The lowest BCUT2D eigenvalue weighted by molar-refractivity contribution is -0.140. The predicted octanol–water partition coefficient (Wildman–Crippen LogP) is 6.18. The second kappa shape index (κ2) is 11.8. The Morgan fingerprint density at radius 3 is 2.46 bits per heavy atom. The van der Waals surface area contributed by atoms with Crippen LogP contribution in [0.3, 0.4) is 0 Å². The molecule has 1 aliphatic rings. The highest BCUT2D eigenvalue weighted by Crippen LogP contribution is 2.42. The molecule has 1 aromatic heterocycles. The summed E-state index contributed by atoms with van der Waals surface area (Å²) < 4.78 is 17.3. The molecule has 0 bridgehead atoms. The molecule has 2 heterocycles. The summed E-state index contributed by atoms with van der Waals surface area (Å²) in [7, 11) is 0. The van der Waals surface area contributed by atoms with E-state index in [1.165, 1.54) is 11.2 Å². The molecular weight excluding hydrogens is 470 g/mol. The van der Waals surface area contributed by atoms with Gasteiger partial charge < -0.3 is 23.9 Å². The Kier molecular flexibility index (Phi) is 8.33. The first-order chi connectivity index (χ1) is 17.9. The predicted molar refractivity (Wildman–Crippen MR) is 140 cm³/mol. The number of rotatable bonds is 11. The molecule has 1 atom stereocenters. The maximum Gasteiger partial charge on any atom is 0.296 e. The molecule has 1 fully saturated rings. The van der Waals surface area contributed by atoms with Gasteiger partial charge in [0.15, 0.2) is 11.5 Å². The van der Waals surface area contributed by atoms with E-state index in [9.17, 15) is 14.7 Å². The third kappa shape index (κ3) is 5.71. The van der Waals surface area contributed by atoms with Crippen LogP contribution in [0.2, 0.25) is 0 Å². The van der Waals surface area contributed by atoms with E-state index < -0.39 is 17.7 Å². The number of hydrogen-bond donors (Lipinski definition) is 1. The number of furan rings is 1. The summed E-state index contributed by atoms with van der Waals surface area (Å²) in [5, 5.41) is 11.3. The van der Waals surface area contributed by atoms with Crippen LogP contribution in [0, 0.1) is 6.92 Å². The Labute approximate surface area is 217 Å². The SMILES string of the molecule is CCCCCOc1ccc(C2C(=C(O)c3ccc(C)cc3)C(=O)C(=O)N2Cc2ccco2)cc1OCC. The first-order valence-electron chi connectivity index (χ1n) is 12.7. The maximum absolute atomic E-state index is 13.3. The van der Waals surface area contributed by atoms with E-state index in [4.69, 9.17) is 13.9 Å². The van der Waals surface area contributed by atoms with E-state index in [1.54, 1.807) is 36.4 Å². The van der Waals surface area contributed by atoms with Crippen LogP contribution in [0.25, 0.3) is 5.76 Å². The summed E-state index contributed by atoms with van der Waals surface area (Å²) in [6, 6.07) is 15.2. The molecule has 1 aliphatic heterocycles. The van der Waals surface area contributed by atoms with Crippen LogP contribution in [0.5, 0.6) is 11.5 Å². The molecule has 0 radical (unpaired) electrons. The van der Waals surface area contributed by atoms with Crippen LogP contribution in [0.15, 0.2) is 70.9 Å². The number of ether oxygens (including phenoxy) is 2. The van der Waals surface area contributed by atoms with Gasteiger partial charge in [0.05, 0.1) is 37.6 Å². The summed E-state index contributed by atoms with van der Waals surface area (Å²) in [5.74, 6) is -0.00896. The molecule has 1 saturated heterocycles. The Hall–Kier alpha value is -4.00. The van der Waals surface area contributed by atoms with E-state index in [2.05, 4.69) is 6.92 Å². The van der Waals surface area contributed by atoms with Gasteiger partial charge in [-0.05, 0) is 50.1 Å². The molecule has 3 aromatic rings. The minimum Gasteiger partial charge on any atom is -0.507 e. The van der Waals surface area contributed by atoms with Gasteiger partial charge in [-0.1, -0.05) is 55.7 Å². The number of carbonyl (C=O) groups is 2. The molecule has 7 heteroatoms. The van der Waals surface area contributed by atoms with Gasteiger partial charge in [-0.25, -0.2) is 0 Å². The van der Waals surface area contributed by atoms with Crippen molar-refractivity contribution < 1.29 is 28.6 Å². The number of ketones is 1. The number of aryl methyl sites for hydroxylation is 1. The Balaban J connectivity index is 1.79. The Morgan fingerprint density at radius 2 is 1.78 bits per heavy atom. The summed E-state index contributed by atoms with van der Waals surface area (Å²) >= 11 is 0. The summed E-state index contributed by atoms with van der Waals surface area (Å²) in [6.45, 7) is 7.02. The molecule has 37 heavy (non-hydrogen) atoms. The average Bonchev–Trinajstić information content (AvgIpc) is 3.50. The maximum atomic E-state index is 13.3. The fourth-order valence-electron chi connectivity index (χ4n) is 4.44. The zero-order chi connectivity index (χ0) is 26.4. The molecule has 2 aromatic carbocycles. The highest BCUT2D eigenvalue weighted by atomic mass is 16.5. The van der Waals surface area contributed by atoms with E-state index in [0.717, 1.165) is 24.8 Å². The molecule has 1 unspecified atom stereocenters. The van der Waals surface area contributed by atoms with E-state index >= 15 is 0 Å². The lowest BCUT2D eigenvalue weighted by Crippen LogP contribution is -2.29. The van der Waals surface area contributed by atoms with Crippen LogP contribution in [0.1, 0.15) is 61.6 Å². The molecule has 1 amide bonds. The van der Waals surface area contributed by atoms with Crippen LogP contribution in [-0.4, -0.2) is 34.9 Å². The number of amides is 1. The normalized spacial score (nSPS) is 16.8. The summed E-state index contributed by atoms with van der Waals surface area (Å²) in [4.78, 5) is 27.9. The van der Waals surface area contributed by atoms with Gasteiger partial charge in [-0.3, -0.25) is 9.59 Å². The topological polar surface area (TPSA) is 89.2 Å². The minimum atomic E-state index is -0.834. The second-order valence-electron chi connectivity index (χ2n) is 9.07. The number of Topliss-reactive ketones (excluding diaryl/α,β-unsaturated/α-hetero) is 1. The lowest BCUT2D eigenvalue weighted by Gasteiger charge is -2.25. The third-order valence-electron chi connectivity index (χ3n) is 6.36. The highest BCUT2D eigenvalue weighted by Gasteiger charge is 2.46.